The summed E-state index contributed by atoms with van der Waals surface area (Å²) in [7, 11) is 0. The largest absolute Gasteiger partial charge is 0.310 e. The van der Waals surface area contributed by atoms with E-state index in [0.29, 0.717) is 0 Å². The van der Waals surface area contributed by atoms with Gasteiger partial charge >= 0.3 is 0 Å². The van der Waals surface area contributed by atoms with E-state index in [-0.39, 0.29) is 0 Å². The molecule has 11 aromatic carbocycles. The average Bonchev–Trinajstić information content (AvgIpc) is 3.90. The van der Waals surface area contributed by atoms with E-state index in [1.54, 1.807) is 0 Å². The minimum Gasteiger partial charge on any atom is -0.310 e. The van der Waals surface area contributed by atoms with Crippen LogP contribution in [0.5, 0.6) is 0 Å². The van der Waals surface area contributed by atoms with Crippen molar-refractivity contribution in [3.8, 4) is 27.9 Å². The number of fused-ring (bicyclic) bond motifs is 12. The molecule has 0 aliphatic rings. The van der Waals surface area contributed by atoms with Crippen molar-refractivity contribution in [3.63, 3.8) is 0 Å². The molecule has 0 fully saturated rings. The molecule has 0 aliphatic carbocycles. The van der Waals surface area contributed by atoms with Gasteiger partial charge in [-0.3, -0.25) is 0 Å². The third-order valence-corrected chi connectivity index (χ3v) is 14.1. The van der Waals surface area contributed by atoms with E-state index in [2.05, 4.69) is 240 Å². The maximum absolute atomic E-state index is 2.43. The zero-order valence-electron chi connectivity index (χ0n) is 34.2. The first-order chi connectivity index (χ1) is 31.2. The Hall–Kier alpha value is -7.98. The SMILES string of the molecule is c1ccc(-c2ccc3c(c2)c2cc(-c4ccc(N(c5ccc6sc7ccccc7c6c5)c5ccc6c7ccccc7c7ccccc7c6c5)cc4)ccc2n3-c2ccccc2)cc1. The summed E-state index contributed by atoms with van der Waals surface area (Å²) in [5.41, 5.74) is 11.7. The first-order valence-electron chi connectivity index (χ1n) is 21.6. The lowest BCUT2D eigenvalue weighted by Crippen LogP contribution is -2.09. The molecule has 0 spiro atoms. The van der Waals surface area contributed by atoms with Gasteiger partial charge in [0.2, 0.25) is 0 Å². The van der Waals surface area contributed by atoms with Gasteiger partial charge in [0.1, 0.15) is 0 Å². The van der Waals surface area contributed by atoms with Crippen molar-refractivity contribution < 1.29 is 0 Å². The first-order valence-corrected chi connectivity index (χ1v) is 22.4. The Balaban J connectivity index is 0.977. The topological polar surface area (TPSA) is 8.17 Å². The molecule has 0 unspecified atom stereocenters. The van der Waals surface area contributed by atoms with Crippen molar-refractivity contribution in [3.05, 3.63) is 231 Å². The summed E-state index contributed by atoms with van der Waals surface area (Å²) in [6.07, 6.45) is 0. The lowest BCUT2D eigenvalue weighted by atomic mass is 9.94. The van der Waals surface area contributed by atoms with E-state index in [9.17, 15) is 0 Å². The molecular weight excluding hydrogens is 781 g/mol. The molecule has 0 radical (unpaired) electrons. The quantitative estimate of drug-likeness (QED) is 0.152. The Bertz CT molecular complexity index is 3860. The van der Waals surface area contributed by atoms with Crippen LogP contribution in [0.1, 0.15) is 0 Å². The number of thiophene rings is 1. The Kier molecular flexibility index (Phi) is 8.12. The van der Waals surface area contributed by atoms with Gasteiger partial charge in [0, 0.05) is 53.7 Å². The molecular formula is C60H38N2S. The highest BCUT2D eigenvalue weighted by atomic mass is 32.1. The number of nitrogens with zero attached hydrogens (tertiary/aromatic N) is 2. The number of hydrogen-bond acceptors (Lipinski definition) is 2. The fraction of sp³-hybridized carbons (Fsp3) is 0. The van der Waals surface area contributed by atoms with Gasteiger partial charge in [0.05, 0.1) is 11.0 Å². The highest BCUT2D eigenvalue weighted by Crippen LogP contribution is 2.44. The molecule has 2 heterocycles. The monoisotopic (exact) mass is 818 g/mol. The van der Waals surface area contributed by atoms with Gasteiger partial charge < -0.3 is 9.47 Å². The summed E-state index contributed by atoms with van der Waals surface area (Å²) >= 11 is 1.86. The van der Waals surface area contributed by atoms with Gasteiger partial charge in [0.15, 0.2) is 0 Å². The molecule has 63 heavy (non-hydrogen) atoms. The van der Waals surface area contributed by atoms with E-state index < -0.39 is 0 Å². The van der Waals surface area contributed by atoms with Crippen LogP contribution in [0.15, 0.2) is 231 Å². The van der Waals surface area contributed by atoms with Crippen molar-refractivity contribution in [1.82, 2.24) is 4.57 Å². The molecule has 294 valence electrons. The first kappa shape index (κ1) is 35.7. The van der Waals surface area contributed by atoms with Crippen LogP contribution >= 0.6 is 11.3 Å². The third-order valence-electron chi connectivity index (χ3n) is 12.9. The van der Waals surface area contributed by atoms with Crippen LogP contribution in [0.2, 0.25) is 0 Å². The normalized spacial score (nSPS) is 11.8. The van der Waals surface area contributed by atoms with E-state index in [0.717, 1.165) is 22.7 Å². The van der Waals surface area contributed by atoms with Crippen molar-refractivity contribution in [2.24, 2.45) is 0 Å². The molecule has 2 aromatic heterocycles. The van der Waals surface area contributed by atoms with Crippen molar-refractivity contribution in [2.45, 2.75) is 0 Å². The van der Waals surface area contributed by atoms with E-state index in [1.165, 1.54) is 96.5 Å². The molecule has 0 aliphatic heterocycles. The molecule has 0 saturated carbocycles. The Morgan fingerprint density at radius 3 is 1.35 bits per heavy atom. The van der Waals surface area contributed by atoms with Gasteiger partial charge in [-0.2, -0.15) is 0 Å². The number of benzene rings is 11. The maximum Gasteiger partial charge on any atom is 0.0541 e. The van der Waals surface area contributed by atoms with Gasteiger partial charge in [0.25, 0.3) is 0 Å². The summed E-state index contributed by atoms with van der Waals surface area (Å²) in [5, 5.41) is 12.7. The molecule has 0 N–H and O–H groups in total. The number of aromatic nitrogens is 1. The van der Waals surface area contributed by atoms with E-state index in [4.69, 9.17) is 0 Å². The summed E-state index contributed by atoms with van der Waals surface area (Å²) < 4.78 is 5.00. The maximum atomic E-state index is 2.43. The van der Waals surface area contributed by atoms with E-state index in [1.807, 2.05) is 11.3 Å². The highest BCUT2D eigenvalue weighted by Gasteiger charge is 2.19. The number of anilines is 3. The molecule has 0 saturated heterocycles. The molecule has 3 heteroatoms. The Labute approximate surface area is 368 Å². The average molecular weight is 819 g/mol. The smallest absolute Gasteiger partial charge is 0.0541 e. The zero-order chi connectivity index (χ0) is 41.4. The summed E-state index contributed by atoms with van der Waals surface area (Å²) in [5.74, 6) is 0. The van der Waals surface area contributed by atoms with Gasteiger partial charge in [-0.1, -0.05) is 146 Å². The molecule has 0 bridgehead atoms. The summed E-state index contributed by atoms with van der Waals surface area (Å²) in [6, 6.07) is 84.8. The lowest BCUT2D eigenvalue weighted by molar-refractivity contribution is 1.18. The van der Waals surface area contributed by atoms with Crippen molar-refractivity contribution >= 4 is 103 Å². The second kappa shape index (κ2) is 14.3. The molecule has 2 nitrogen and oxygen atoms in total. The summed E-state index contributed by atoms with van der Waals surface area (Å²) in [4.78, 5) is 2.43. The van der Waals surface area contributed by atoms with Crippen molar-refractivity contribution in [2.75, 3.05) is 4.90 Å². The van der Waals surface area contributed by atoms with Crippen LogP contribution in [0.25, 0.3) is 102 Å². The summed E-state index contributed by atoms with van der Waals surface area (Å²) in [6.45, 7) is 0. The van der Waals surface area contributed by atoms with Crippen LogP contribution in [0.4, 0.5) is 17.1 Å². The number of hydrogen-bond donors (Lipinski definition) is 0. The molecule has 0 atom stereocenters. The van der Waals surface area contributed by atoms with Crippen molar-refractivity contribution in [1.29, 1.82) is 0 Å². The fourth-order valence-electron chi connectivity index (χ4n) is 10.0. The molecule has 13 rings (SSSR count). The van der Waals surface area contributed by atoms with Crippen LogP contribution in [-0.4, -0.2) is 4.57 Å². The minimum atomic E-state index is 1.11. The number of rotatable bonds is 6. The van der Waals surface area contributed by atoms with Gasteiger partial charge in [-0.05, 0) is 140 Å². The Morgan fingerprint density at radius 2 is 0.714 bits per heavy atom. The van der Waals surface area contributed by atoms with Crippen LogP contribution in [0, 0.1) is 0 Å². The lowest BCUT2D eigenvalue weighted by Gasteiger charge is -2.26. The zero-order valence-corrected chi connectivity index (χ0v) is 35.1. The standard InChI is InChI=1S/C60H38N2S/c1-3-13-39(14-4-1)41-25-32-57-54(35-41)55-36-42(26-33-58(55)62(57)43-15-5-2-6-16-43)40-23-27-44(28-24-40)61(46-30-34-60-56(38-46)52-21-11-12-22-59(52)63-60)45-29-31-51-49-19-8-7-17-47(49)48-18-9-10-20-50(48)53(51)37-45/h1-38H. The fourth-order valence-corrected chi connectivity index (χ4v) is 11.1. The third kappa shape index (κ3) is 5.78. The highest BCUT2D eigenvalue weighted by molar-refractivity contribution is 7.25. The second-order valence-electron chi connectivity index (χ2n) is 16.5. The van der Waals surface area contributed by atoms with E-state index >= 15 is 0 Å². The van der Waals surface area contributed by atoms with Crippen LogP contribution in [0.3, 0.4) is 0 Å². The minimum absolute atomic E-state index is 1.11. The van der Waals surface area contributed by atoms with Gasteiger partial charge in [-0.25, -0.2) is 0 Å². The molecule has 13 aromatic rings. The predicted octanol–water partition coefficient (Wildman–Crippen LogP) is 17.4. The van der Waals surface area contributed by atoms with Crippen LogP contribution < -0.4 is 4.90 Å². The Morgan fingerprint density at radius 1 is 0.270 bits per heavy atom. The van der Waals surface area contributed by atoms with Crippen LogP contribution in [-0.2, 0) is 0 Å². The second-order valence-corrected chi connectivity index (χ2v) is 17.6. The number of para-hydroxylation sites is 1. The van der Waals surface area contributed by atoms with Gasteiger partial charge in [-0.15, -0.1) is 11.3 Å². The molecule has 0 amide bonds. The predicted molar refractivity (Wildman–Crippen MR) is 272 cm³/mol.